The van der Waals surface area contributed by atoms with E-state index in [-0.39, 0.29) is 5.82 Å². The van der Waals surface area contributed by atoms with Crippen molar-refractivity contribution in [3.8, 4) is 10.6 Å². The van der Waals surface area contributed by atoms with Gasteiger partial charge in [-0.3, -0.25) is 0 Å². The lowest BCUT2D eigenvalue weighted by Crippen LogP contribution is -2.08. The van der Waals surface area contributed by atoms with Crippen LogP contribution >= 0.6 is 22.9 Å². The average molecular weight is 286 g/mol. The van der Waals surface area contributed by atoms with Gasteiger partial charge in [0.1, 0.15) is 15.8 Å². The largest absolute Gasteiger partial charge is 0.320 e. The van der Waals surface area contributed by atoms with Crippen molar-refractivity contribution in [2.45, 2.75) is 12.8 Å². The van der Waals surface area contributed by atoms with E-state index in [4.69, 9.17) is 11.6 Å². The van der Waals surface area contributed by atoms with Crippen molar-refractivity contribution in [2.24, 2.45) is 0 Å². The number of hydrogen-bond acceptors (Lipinski definition) is 4. The molecule has 0 bridgehead atoms. The fourth-order valence-corrected chi connectivity index (χ4v) is 2.78. The zero-order chi connectivity index (χ0) is 13.0. The summed E-state index contributed by atoms with van der Waals surface area (Å²) < 4.78 is 12.9. The second-order valence-corrected chi connectivity index (χ2v) is 5.30. The quantitative estimate of drug-likeness (QED) is 0.858. The molecule has 0 aliphatic heterocycles. The lowest BCUT2D eigenvalue weighted by atomic mass is 10.2. The zero-order valence-electron chi connectivity index (χ0n) is 9.91. The number of halogens is 2. The van der Waals surface area contributed by atoms with E-state index in [0.29, 0.717) is 5.02 Å². The van der Waals surface area contributed by atoms with Gasteiger partial charge in [0.2, 0.25) is 0 Å². The van der Waals surface area contributed by atoms with Gasteiger partial charge in [-0.15, -0.1) is 10.2 Å². The van der Waals surface area contributed by atoms with Crippen molar-refractivity contribution in [3.05, 3.63) is 34.0 Å². The minimum atomic E-state index is -0.345. The van der Waals surface area contributed by atoms with E-state index in [2.05, 4.69) is 15.5 Å². The Bertz CT molecular complexity index is 530. The third-order valence-electron chi connectivity index (χ3n) is 2.45. The van der Waals surface area contributed by atoms with Crippen LogP contribution in [-0.2, 0) is 6.42 Å². The van der Waals surface area contributed by atoms with Crippen molar-refractivity contribution >= 4 is 22.9 Å². The molecule has 18 heavy (non-hydrogen) atoms. The summed E-state index contributed by atoms with van der Waals surface area (Å²) in [6, 6.07) is 4.30. The van der Waals surface area contributed by atoms with Crippen LogP contribution in [0.2, 0.25) is 5.02 Å². The number of aromatic nitrogens is 2. The number of aryl methyl sites for hydroxylation is 1. The molecule has 0 atom stereocenters. The predicted molar refractivity (Wildman–Crippen MR) is 72.6 cm³/mol. The first-order valence-electron chi connectivity index (χ1n) is 5.63. The van der Waals surface area contributed by atoms with Crippen LogP contribution in [0, 0.1) is 5.82 Å². The molecule has 2 rings (SSSR count). The van der Waals surface area contributed by atoms with Gasteiger partial charge in [0.25, 0.3) is 0 Å². The van der Waals surface area contributed by atoms with Crippen LogP contribution in [0.25, 0.3) is 10.6 Å². The van der Waals surface area contributed by atoms with E-state index in [1.54, 1.807) is 6.07 Å². The van der Waals surface area contributed by atoms with Gasteiger partial charge in [-0.25, -0.2) is 4.39 Å². The van der Waals surface area contributed by atoms with Crippen LogP contribution in [0.1, 0.15) is 11.4 Å². The number of hydrogen-bond donors (Lipinski definition) is 1. The maximum atomic E-state index is 12.9. The summed E-state index contributed by atoms with van der Waals surface area (Å²) in [5.74, 6) is -0.345. The summed E-state index contributed by atoms with van der Waals surface area (Å²) in [5, 5.41) is 13.4. The van der Waals surface area contributed by atoms with Gasteiger partial charge >= 0.3 is 0 Å². The molecule has 0 aliphatic carbocycles. The smallest absolute Gasteiger partial charge is 0.149 e. The third kappa shape index (κ3) is 3.25. The summed E-state index contributed by atoms with van der Waals surface area (Å²) in [4.78, 5) is 0. The molecule has 0 aliphatic rings. The highest BCUT2D eigenvalue weighted by Crippen LogP contribution is 2.30. The molecule has 0 unspecified atom stereocenters. The van der Waals surface area contributed by atoms with Crippen LogP contribution in [0.5, 0.6) is 0 Å². The summed E-state index contributed by atoms with van der Waals surface area (Å²) >= 11 is 7.49. The average Bonchev–Trinajstić information content (AvgIpc) is 2.78. The van der Waals surface area contributed by atoms with E-state index < -0.39 is 0 Å². The minimum absolute atomic E-state index is 0.345. The molecule has 0 spiro atoms. The molecule has 1 heterocycles. The van der Waals surface area contributed by atoms with Gasteiger partial charge in [0.15, 0.2) is 0 Å². The standard InChI is InChI=1S/C12H13ClFN3S/c1-15-6-2-3-11-16-17-12(18-11)9-5-4-8(14)7-10(9)13/h4-5,7,15H,2-3,6H2,1H3. The van der Waals surface area contributed by atoms with Gasteiger partial charge < -0.3 is 5.32 Å². The first-order valence-corrected chi connectivity index (χ1v) is 6.82. The Balaban J connectivity index is 2.13. The molecule has 2 aromatic rings. The SMILES string of the molecule is CNCCCc1nnc(-c2ccc(F)cc2Cl)s1. The van der Waals surface area contributed by atoms with Crippen molar-refractivity contribution in [1.29, 1.82) is 0 Å². The fourth-order valence-electron chi connectivity index (χ4n) is 1.54. The molecule has 0 amide bonds. The summed E-state index contributed by atoms with van der Waals surface area (Å²) in [5.41, 5.74) is 0.732. The first kappa shape index (κ1) is 13.4. The topological polar surface area (TPSA) is 37.8 Å². The van der Waals surface area contributed by atoms with Gasteiger partial charge in [-0.2, -0.15) is 0 Å². The second-order valence-electron chi connectivity index (χ2n) is 3.83. The predicted octanol–water partition coefficient (Wildman–Crippen LogP) is 3.15. The van der Waals surface area contributed by atoms with Gasteiger partial charge in [-0.1, -0.05) is 22.9 Å². The minimum Gasteiger partial charge on any atom is -0.320 e. The number of nitrogens with one attached hydrogen (secondary N) is 1. The molecular formula is C12H13ClFN3S. The van der Waals surface area contributed by atoms with Gasteiger partial charge in [0, 0.05) is 12.0 Å². The Kier molecular flexibility index (Phi) is 4.63. The maximum Gasteiger partial charge on any atom is 0.149 e. The van der Waals surface area contributed by atoms with E-state index >= 15 is 0 Å². The molecule has 1 aromatic heterocycles. The van der Waals surface area contributed by atoms with Crippen LogP contribution in [-0.4, -0.2) is 23.8 Å². The number of nitrogens with zero attached hydrogens (tertiary/aromatic N) is 2. The van der Waals surface area contributed by atoms with Crippen molar-refractivity contribution in [3.63, 3.8) is 0 Å². The second kappa shape index (κ2) is 6.22. The van der Waals surface area contributed by atoms with E-state index in [0.717, 1.165) is 35.0 Å². The van der Waals surface area contributed by atoms with Gasteiger partial charge in [0.05, 0.1) is 5.02 Å². The normalized spacial score (nSPS) is 10.8. The van der Waals surface area contributed by atoms with Crippen LogP contribution in [0.4, 0.5) is 4.39 Å². The Hall–Kier alpha value is -1.04. The van der Waals surface area contributed by atoms with Crippen LogP contribution in [0.15, 0.2) is 18.2 Å². The Morgan fingerprint density at radius 1 is 1.39 bits per heavy atom. The number of rotatable bonds is 5. The molecule has 1 N–H and O–H groups in total. The van der Waals surface area contributed by atoms with Crippen molar-refractivity contribution in [2.75, 3.05) is 13.6 Å². The Labute approximate surface area is 114 Å². The lowest BCUT2D eigenvalue weighted by Gasteiger charge is -1.98. The van der Waals surface area contributed by atoms with E-state index in [1.165, 1.54) is 23.5 Å². The third-order valence-corrected chi connectivity index (χ3v) is 3.77. The van der Waals surface area contributed by atoms with Crippen molar-refractivity contribution < 1.29 is 4.39 Å². The molecule has 1 aromatic carbocycles. The highest BCUT2D eigenvalue weighted by Gasteiger charge is 2.10. The van der Waals surface area contributed by atoms with Crippen molar-refractivity contribution in [1.82, 2.24) is 15.5 Å². The molecular weight excluding hydrogens is 273 g/mol. The molecule has 0 saturated carbocycles. The first-order chi connectivity index (χ1) is 8.70. The van der Waals surface area contributed by atoms with Crippen LogP contribution in [0.3, 0.4) is 0 Å². The maximum absolute atomic E-state index is 12.9. The molecule has 3 nitrogen and oxygen atoms in total. The highest BCUT2D eigenvalue weighted by atomic mass is 35.5. The summed E-state index contributed by atoms with van der Waals surface area (Å²) in [6.07, 6.45) is 1.90. The molecule has 0 fully saturated rings. The molecule has 6 heteroatoms. The molecule has 96 valence electrons. The zero-order valence-corrected chi connectivity index (χ0v) is 11.5. The molecule has 0 radical (unpaired) electrons. The van der Waals surface area contributed by atoms with Gasteiger partial charge in [-0.05, 0) is 38.2 Å². The summed E-state index contributed by atoms with van der Waals surface area (Å²) in [6.45, 7) is 0.951. The fraction of sp³-hybridized carbons (Fsp3) is 0.333. The Morgan fingerprint density at radius 3 is 2.94 bits per heavy atom. The van der Waals surface area contributed by atoms with E-state index in [9.17, 15) is 4.39 Å². The lowest BCUT2D eigenvalue weighted by molar-refractivity contribution is 0.628. The number of benzene rings is 1. The Morgan fingerprint density at radius 2 is 2.22 bits per heavy atom. The monoisotopic (exact) mass is 285 g/mol. The van der Waals surface area contributed by atoms with Crippen LogP contribution < -0.4 is 5.32 Å². The molecule has 0 saturated heterocycles. The summed E-state index contributed by atoms with van der Waals surface area (Å²) in [7, 11) is 1.92. The van der Waals surface area contributed by atoms with E-state index in [1.807, 2.05) is 7.05 Å². The highest BCUT2D eigenvalue weighted by molar-refractivity contribution is 7.14.